The van der Waals surface area contributed by atoms with Crippen molar-refractivity contribution >= 4 is 34.5 Å². The second-order valence-electron chi connectivity index (χ2n) is 6.42. The van der Waals surface area contributed by atoms with Gasteiger partial charge in [0, 0.05) is 42.8 Å². The normalized spacial score (nSPS) is 15.3. The number of carbonyl (C=O) groups excluding carboxylic acids is 2. The Balaban J connectivity index is 1.84. The third kappa shape index (κ3) is 3.80. The Morgan fingerprint density at radius 3 is 2.85 bits per heavy atom. The van der Waals surface area contributed by atoms with Gasteiger partial charge in [-0.1, -0.05) is 0 Å². The third-order valence-corrected chi connectivity index (χ3v) is 5.24. The highest BCUT2D eigenvalue weighted by Crippen LogP contribution is 2.21. The van der Waals surface area contributed by atoms with Gasteiger partial charge in [-0.3, -0.25) is 14.4 Å². The van der Waals surface area contributed by atoms with Crippen molar-refractivity contribution in [1.29, 1.82) is 0 Å². The second-order valence-corrected chi connectivity index (χ2v) is 7.20. The molecule has 2 aromatic heterocycles. The van der Waals surface area contributed by atoms with Crippen LogP contribution in [0.15, 0.2) is 33.9 Å². The fourth-order valence-electron chi connectivity index (χ4n) is 3.07. The molecule has 1 aliphatic rings. The van der Waals surface area contributed by atoms with Crippen molar-refractivity contribution in [3.63, 3.8) is 0 Å². The smallest absolute Gasteiger partial charge is 0.274 e. The van der Waals surface area contributed by atoms with Crippen LogP contribution in [0.4, 0.5) is 11.4 Å². The molecule has 2 amide bonds. The third-order valence-electron chi connectivity index (χ3n) is 4.56. The van der Waals surface area contributed by atoms with E-state index in [1.54, 1.807) is 11.3 Å². The summed E-state index contributed by atoms with van der Waals surface area (Å²) in [6, 6.07) is 3.27. The Kier molecular flexibility index (Phi) is 5.41. The molecule has 3 N–H and O–H groups in total. The molecule has 3 rings (SSSR count). The summed E-state index contributed by atoms with van der Waals surface area (Å²) in [6.45, 7) is 3.09. The Hall–Kier alpha value is -2.61. The zero-order valence-corrected chi connectivity index (χ0v) is 15.4. The van der Waals surface area contributed by atoms with Crippen LogP contribution in [-0.4, -0.2) is 29.5 Å². The van der Waals surface area contributed by atoms with Gasteiger partial charge in [-0.25, -0.2) is 0 Å². The first kappa shape index (κ1) is 18.2. The molecule has 0 aromatic carbocycles. The molecule has 1 atom stereocenters. The number of amides is 2. The Bertz CT molecular complexity index is 860. The summed E-state index contributed by atoms with van der Waals surface area (Å²) in [7, 11) is 0. The van der Waals surface area contributed by atoms with Crippen molar-refractivity contribution in [3.05, 3.63) is 45.0 Å². The van der Waals surface area contributed by atoms with Crippen LogP contribution < -0.4 is 21.5 Å². The molecule has 1 saturated heterocycles. The van der Waals surface area contributed by atoms with Gasteiger partial charge in [-0.15, -0.1) is 0 Å². The van der Waals surface area contributed by atoms with E-state index in [9.17, 15) is 14.4 Å². The van der Waals surface area contributed by atoms with E-state index in [1.165, 1.54) is 21.7 Å². The lowest BCUT2D eigenvalue weighted by atomic mass is 10.1. The number of nitrogens with one attached hydrogen (secondary N) is 1. The maximum Gasteiger partial charge on any atom is 0.274 e. The van der Waals surface area contributed by atoms with Gasteiger partial charge in [0.15, 0.2) is 0 Å². The lowest BCUT2D eigenvalue weighted by molar-refractivity contribution is -0.117. The number of carbonyl (C=O) groups is 2. The molecule has 8 heteroatoms. The molecule has 0 saturated carbocycles. The number of thiophene rings is 1. The molecule has 1 aliphatic heterocycles. The number of primary amides is 1. The molecule has 2 aromatic rings. The van der Waals surface area contributed by atoms with Crippen LogP contribution in [0, 0.1) is 0 Å². The number of pyridine rings is 1. The van der Waals surface area contributed by atoms with Gasteiger partial charge >= 0.3 is 0 Å². The standard InChI is InChI=1S/C18H22N4O3S/c1-12(4-6-20-14-5-8-26-11-14)22-10-13(17(19)24)9-15(18(22)25)21-7-2-3-16(21)23/h5,8-12,20H,2-4,6-7H2,1H3,(H2,19,24). The zero-order valence-electron chi connectivity index (χ0n) is 14.6. The monoisotopic (exact) mass is 374 g/mol. The van der Waals surface area contributed by atoms with Crippen LogP contribution in [0.2, 0.25) is 0 Å². The molecule has 0 bridgehead atoms. The fraction of sp³-hybridized carbons (Fsp3) is 0.389. The molecule has 0 aliphatic carbocycles. The number of rotatable bonds is 7. The lowest BCUT2D eigenvalue weighted by Crippen LogP contribution is -2.35. The summed E-state index contributed by atoms with van der Waals surface area (Å²) in [5.74, 6) is -0.711. The zero-order chi connectivity index (χ0) is 18.7. The molecule has 1 fully saturated rings. The molecular weight excluding hydrogens is 352 g/mol. The summed E-state index contributed by atoms with van der Waals surface area (Å²) in [5, 5.41) is 7.31. The van der Waals surface area contributed by atoms with Gasteiger partial charge in [0.2, 0.25) is 11.8 Å². The van der Waals surface area contributed by atoms with Crippen LogP contribution >= 0.6 is 11.3 Å². The van der Waals surface area contributed by atoms with Crippen LogP contribution in [0.1, 0.15) is 42.6 Å². The second kappa shape index (κ2) is 7.74. The maximum absolute atomic E-state index is 12.9. The predicted molar refractivity (Wildman–Crippen MR) is 103 cm³/mol. The van der Waals surface area contributed by atoms with E-state index in [0.29, 0.717) is 32.4 Å². The molecule has 138 valence electrons. The average Bonchev–Trinajstić information content (AvgIpc) is 3.26. The number of anilines is 2. The van der Waals surface area contributed by atoms with Crippen molar-refractivity contribution < 1.29 is 9.59 Å². The van der Waals surface area contributed by atoms with Gasteiger partial charge < -0.3 is 20.5 Å². The number of nitrogens with two attached hydrogens (primary N) is 1. The highest BCUT2D eigenvalue weighted by atomic mass is 32.1. The van der Waals surface area contributed by atoms with Gasteiger partial charge in [-0.05, 0) is 37.3 Å². The topological polar surface area (TPSA) is 97.4 Å². The summed E-state index contributed by atoms with van der Waals surface area (Å²) in [5.41, 5.74) is 6.68. The van der Waals surface area contributed by atoms with Crippen LogP contribution in [0.3, 0.4) is 0 Å². The van der Waals surface area contributed by atoms with E-state index < -0.39 is 5.91 Å². The SMILES string of the molecule is CC(CCNc1ccsc1)n1cc(C(N)=O)cc(N2CCCC2=O)c1=O. The predicted octanol–water partition coefficient (Wildman–Crippen LogP) is 2.20. The van der Waals surface area contributed by atoms with E-state index in [2.05, 4.69) is 5.32 Å². The minimum Gasteiger partial charge on any atom is -0.384 e. The van der Waals surface area contributed by atoms with Crippen LogP contribution in [0.5, 0.6) is 0 Å². The lowest BCUT2D eigenvalue weighted by Gasteiger charge is -2.21. The quantitative estimate of drug-likeness (QED) is 0.776. The first-order valence-corrected chi connectivity index (χ1v) is 9.54. The first-order chi connectivity index (χ1) is 12.5. The van der Waals surface area contributed by atoms with Crippen LogP contribution in [-0.2, 0) is 4.79 Å². The van der Waals surface area contributed by atoms with E-state index in [0.717, 1.165) is 5.69 Å². The molecule has 0 radical (unpaired) electrons. The minimum atomic E-state index is -0.616. The summed E-state index contributed by atoms with van der Waals surface area (Å²) in [4.78, 5) is 38.1. The fourth-order valence-corrected chi connectivity index (χ4v) is 3.69. The van der Waals surface area contributed by atoms with Gasteiger partial charge in [0.05, 0.1) is 5.56 Å². The van der Waals surface area contributed by atoms with Crippen LogP contribution in [0.25, 0.3) is 0 Å². The largest absolute Gasteiger partial charge is 0.384 e. The van der Waals surface area contributed by atoms with Gasteiger partial charge in [0.25, 0.3) is 5.56 Å². The molecule has 7 nitrogen and oxygen atoms in total. The number of nitrogens with zero attached hydrogens (tertiary/aromatic N) is 2. The van der Waals surface area contributed by atoms with E-state index >= 15 is 0 Å². The summed E-state index contributed by atoms with van der Waals surface area (Å²) < 4.78 is 1.51. The van der Waals surface area contributed by atoms with Gasteiger partial charge in [-0.2, -0.15) is 11.3 Å². The van der Waals surface area contributed by atoms with E-state index in [1.807, 2.05) is 23.8 Å². The highest BCUT2D eigenvalue weighted by Gasteiger charge is 2.26. The Morgan fingerprint density at radius 1 is 1.42 bits per heavy atom. The average molecular weight is 374 g/mol. The molecule has 0 spiro atoms. The molecule has 3 heterocycles. The highest BCUT2D eigenvalue weighted by molar-refractivity contribution is 7.08. The number of aromatic nitrogens is 1. The number of hydrogen-bond donors (Lipinski definition) is 2. The Morgan fingerprint density at radius 2 is 2.23 bits per heavy atom. The molecule has 1 unspecified atom stereocenters. The van der Waals surface area contributed by atoms with Crippen molar-refractivity contribution in [2.75, 3.05) is 23.3 Å². The van der Waals surface area contributed by atoms with E-state index in [-0.39, 0.29) is 28.8 Å². The van der Waals surface area contributed by atoms with Crippen molar-refractivity contribution in [1.82, 2.24) is 4.57 Å². The summed E-state index contributed by atoms with van der Waals surface area (Å²) in [6.07, 6.45) is 3.30. The van der Waals surface area contributed by atoms with Gasteiger partial charge in [0.1, 0.15) is 5.69 Å². The molecular formula is C18H22N4O3S. The van der Waals surface area contributed by atoms with Crippen molar-refractivity contribution in [2.24, 2.45) is 5.73 Å². The molecule has 26 heavy (non-hydrogen) atoms. The summed E-state index contributed by atoms with van der Waals surface area (Å²) >= 11 is 1.61. The van der Waals surface area contributed by atoms with Crippen molar-refractivity contribution in [3.8, 4) is 0 Å². The maximum atomic E-state index is 12.9. The van der Waals surface area contributed by atoms with Crippen molar-refractivity contribution in [2.45, 2.75) is 32.2 Å². The van der Waals surface area contributed by atoms with E-state index in [4.69, 9.17) is 5.73 Å². The number of hydrogen-bond acceptors (Lipinski definition) is 5. The first-order valence-electron chi connectivity index (χ1n) is 8.60. The minimum absolute atomic E-state index is 0.0953. The Labute approximate surface area is 155 Å².